The molecule has 1 aromatic heterocycles. The first kappa shape index (κ1) is 19.1. The average Bonchev–Trinajstić information content (AvgIpc) is 2.36. The number of aromatic nitrogens is 1. The van der Waals surface area contributed by atoms with Gasteiger partial charge in [0.05, 0.1) is 17.9 Å². The summed E-state index contributed by atoms with van der Waals surface area (Å²) in [4.78, 5) is 27.0. The number of sulfone groups is 1. The van der Waals surface area contributed by atoms with Crippen LogP contribution < -0.4 is 0 Å². The monoisotopic (exact) mass is 342 g/mol. The number of aliphatic carboxylic acids is 1. The van der Waals surface area contributed by atoms with Crippen molar-refractivity contribution in [3.63, 3.8) is 0 Å². The van der Waals surface area contributed by atoms with Crippen molar-refractivity contribution in [1.82, 2.24) is 9.88 Å². The maximum atomic E-state index is 12.1. The molecule has 1 saturated heterocycles. The van der Waals surface area contributed by atoms with Gasteiger partial charge in [0.2, 0.25) is 5.91 Å². The Morgan fingerprint density at radius 1 is 1.17 bits per heavy atom. The SMILES string of the molecule is CC(=O)O.Cc1cc(CC(=O)N2CCS(=O)(=O)CC2)cc(C)n1. The van der Waals surface area contributed by atoms with Crippen molar-refractivity contribution in [2.75, 3.05) is 24.6 Å². The van der Waals surface area contributed by atoms with Gasteiger partial charge < -0.3 is 10.0 Å². The van der Waals surface area contributed by atoms with Crippen LogP contribution in [0.4, 0.5) is 0 Å². The Kier molecular flexibility index (Phi) is 6.68. The van der Waals surface area contributed by atoms with Gasteiger partial charge in [0.15, 0.2) is 9.84 Å². The third-order valence-corrected chi connectivity index (χ3v) is 4.80. The molecule has 0 aromatic carbocycles. The zero-order chi connectivity index (χ0) is 17.6. The van der Waals surface area contributed by atoms with Gasteiger partial charge in [-0.3, -0.25) is 14.6 Å². The Morgan fingerprint density at radius 2 is 1.61 bits per heavy atom. The van der Waals surface area contributed by atoms with E-state index in [-0.39, 0.29) is 17.4 Å². The fraction of sp³-hybridized carbons (Fsp3) is 0.533. The molecule has 2 rings (SSSR count). The van der Waals surface area contributed by atoms with E-state index in [2.05, 4.69) is 4.98 Å². The summed E-state index contributed by atoms with van der Waals surface area (Å²) in [5.74, 6) is -0.694. The smallest absolute Gasteiger partial charge is 0.300 e. The van der Waals surface area contributed by atoms with Crippen molar-refractivity contribution in [1.29, 1.82) is 0 Å². The summed E-state index contributed by atoms with van der Waals surface area (Å²) < 4.78 is 22.6. The fourth-order valence-electron chi connectivity index (χ4n) is 2.27. The van der Waals surface area contributed by atoms with Crippen LogP contribution in [0.3, 0.4) is 0 Å². The van der Waals surface area contributed by atoms with E-state index in [1.54, 1.807) is 4.90 Å². The zero-order valence-corrected chi connectivity index (χ0v) is 14.4. The lowest BCUT2D eigenvalue weighted by atomic mass is 10.1. The third kappa shape index (κ3) is 7.23. The first-order valence-electron chi connectivity index (χ1n) is 7.21. The van der Waals surface area contributed by atoms with Crippen LogP contribution in [0.1, 0.15) is 23.9 Å². The molecule has 7 nitrogen and oxygen atoms in total. The molecule has 1 aliphatic heterocycles. The topological polar surface area (TPSA) is 105 Å². The Labute approximate surface area is 136 Å². The normalized spacial score (nSPS) is 16.2. The highest BCUT2D eigenvalue weighted by atomic mass is 32.2. The van der Waals surface area contributed by atoms with Gasteiger partial charge in [-0.2, -0.15) is 0 Å². The second-order valence-electron chi connectivity index (χ2n) is 5.49. The summed E-state index contributed by atoms with van der Waals surface area (Å²) in [5, 5.41) is 7.42. The summed E-state index contributed by atoms with van der Waals surface area (Å²) in [7, 11) is -2.94. The van der Waals surface area contributed by atoms with Crippen LogP contribution in [-0.2, 0) is 25.8 Å². The van der Waals surface area contributed by atoms with E-state index in [0.717, 1.165) is 23.9 Å². The highest BCUT2D eigenvalue weighted by Crippen LogP contribution is 2.10. The summed E-state index contributed by atoms with van der Waals surface area (Å²) in [6.07, 6.45) is 0.310. The lowest BCUT2D eigenvalue weighted by molar-refractivity contribution is -0.134. The molecule has 0 spiro atoms. The van der Waals surface area contributed by atoms with Crippen LogP contribution in [-0.4, -0.2) is 59.9 Å². The van der Waals surface area contributed by atoms with Crippen molar-refractivity contribution < 1.29 is 23.1 Å². The molecule has 1 amide bonds. The molecule has 8 heteroatoms. The maximum Gasteiger partial charge on any atom is 0.300 e. The molecule has 1 N–H and O–H groups in total. The van der Waals surface area contributed by atoms with E-state index in [9.17, 15) is 13.2 Å². The number of hydrogen-bond acceptors (Lipinski definition) is 5. The average molecular weight is 342 g/mol. The molecular formula is C15H22N2O5S. The highest BCUT2D eigenvalue weighted by Gasteiger charge is 2.24. The predicted molar refractivity (Wildman–Crippen MR) is 86.0 cm³/mol. The number of carbonyl (C=O) groups excluding carboxylic acids is 1. The van der Waals surface area contributed by atoms with E-state index in [4.69, 9.17) is 9.90 Å². The largest absolute Gasteiger partial charge is 0.481 e. The van der Waals surface area contributed by atoms with Gasteiger partial charge >= 0.3 is 0 Å². The van der Waals surface area contributed by atoms with Crippen molar-refractivity contribution in [3.8, 4) is 0 Å². The number of hydrogen-bond donors (Lipinski definition) is 1. The lowest BCUT2D eigenvalue weighted by Gasteiger charge is -2.26. The van der Waals surface area contributed by atoms with E-state index >= 15 is 0 Å². The minimum atomic E-state index is -2.94. The molecule has 0 unspecified atom stereocenters. The Hall–Kier alpha value is -1.96. The quantitative estimate of drug-likeness (QED) is 0.843. The van der Waals surface area contributed by atoms with Crippen molar-refractivity contribution in [2.24, 2.45) is 0 Å². The molecule has 23 heavy (non-hydrogen) atoms. The van der Waals surface area contributed by atoms with E-state index in [1.807, 2.05) is 26.0 Å². The molecule has 0 bridgehead atoms. The lowest BCUT2D eigenvalue weighted by Crippen LogP contribution is -2.44. The molecule has 0 saturated carbocycles. The fourth-order valence-corrected chi connectivity index (χ4v) is 3.47. The summed E-state index contributed by atoms with van der Waals surface area (Å²) in [5.41, 5.74) is 2.72. The van der Waals surface area contributed by atoms with Crippen LogP contribution in [0.2, 0.25) is 0 Å². The Morgan fingerprint density at radius 3 is 2.04 bits per heavy atom. The number of carboxylic acid groups (broad SMARTS) is 1. The number of amides is 1. The number of carboxylic acids is 1. The summed E-state index contributed by atoms with van der Waals surface area (Å²) in [6, 6.07) is 3.79. The maximum absolute atomic E-state index is 12.1. The van der Waals surface area contributed by atoms with Crippen molar-refractivity contribution in [3.05, 3.63) is 29.1 Å². The summed E-state index contributed by atoms with van der Waals surface area (Å²) in [6.45, 7) is 5.50. The van der Waals surface area contributed by atoms with Crippen LogP contribution >= 0.6 is 0 Å². The van der Waals surface area contributed by atoms with Crippen LogP contribution in [0.5, 0.6) is 0 Å². The van der Waals surface area contributed by atoms with Gasteiger partial charge in [0, 0.05) is 31.4 Å². The number of aryl methyl sites for hydroxylation is 2. The zero-order valence-electron chi connectivity index (χ0n) is 13.6. The van der Waals surface area contributed by atoms with E-state index in [1.165, 1.54) is 0 Å². The number of rotatable bonds is 2. The number of pyridine rings is 1. The highest BCUT2D eigenvalue weighted by molar-refractivity contribution is 7.91. The molecule has 0 atom stereocenters. The minimum Gasteiger partial charge on any atom is -0.481 e. The molecule has 1 aromatic rings. The standard InChI is InChI=1S/C13H18N2O3S.C2H4O2/c1-10-7-12(8-11(2)14-10)9-13(16)15-3-5-19(17,18)6-4-15;1-2(3)4/h7-8H,3-6,9H2,1-2H3;1H3,(H,3,4). The van der Waals surface area contributed by atoms with Gasteiger partial charge in [-0.1, -0.05) is 0 Å². The molecule has 0 radical (unpaired) electrons. The van der Waals surface area contributed by atoms with Crippen LogP contribution in [0.25, 0.3) is 0 Å². The molecule has 128 valence electrons. The Bertz CT molecular complexity index is 647. The predicted octanol–water partition coefficient (Wildman–Crippen LogP) is 0.589. The third-order valence-electron chi connectivity index (χ3n) is 3.19. The van der Waals surface area contributed by atoms with Gasteiger partial charge in [-0.05, 0) is 31.5 Å². The second kappa shape index (κ2) is 8.05. The summed E-state index contributed by atoms with van der Waals surface area (Å²) >= 11 is 0. The van der Waals surface area contributed by atoms with E-state index in [0.29, 0.717) is 19.5 Å². The van der Waals surface area contributed by atoms with E-state index < -0.39 is 15.8 Å². The molecular weight excluding hydrogens is 320 g/mol. The number of nitrogens with zero attached hydrogens (tertiary/aromatic N) is 2. The number of carbonyl (C=O) groups is 2. The Balaban J connectivity index is 0.000000593. The van der Waals surface area contributed by atoms with Crippen LogP contribution in [0.15, 0.2) is 12.1 Å². The van der Waals surface area contributed by atoms with Gasteiger partial charge in [0.25, 0.3) is 5.97 Å². The minimum absolute atomic E-state index is 0.0140. The van der Waals surface area contributed by atoms with Gasteiger partial charge in [-0.25, -0.2) is 8.42 Å². The first-order valence-corrected chi connectivity index (χ1v) is 9.03. The molecule has 1 fully saturated rings. The van der Waals surface area contributed by atoms with Crippen molar-refractivity contribution >= 4 is 21.7 Å². The molecule has 1 aliphatic rings. The van der Waals surface area contributed by atoms with Gasteiger partial charge in [-0.15, -0.1) is 0 Å². The van der Waals surface area contributed by atoms with Gasteiger partial charge in [0.1, 0.15) is 0 Å². The first-order chi connectivity index (χ1) is 10.6. The molecule has 2 heterocycles. The molecule has 0 aliphatic carbocycles. The second-order valence-corrected chi connectivity index (χ2v) is 7.79. The van der Waals surface area contributed by atoms with Crippen molar-refractivity contribution in [2.45, 2.75) is 27.2 Å². The van der Waals surface area contributed by atoms with Crippen LogP contribution in [0, 0.1) is 13.8 Å².